The van der Waals surface area contributed by atoms with Crippen molar-refractivity contribution in [3.8, 4) is 0 Å². The molecule has 3 N–H and O–H groups in total. The second-order valence-electron chi connectivity index (χ2n) is 29.1. The Hall–Kier alpha value is -3.28. The van der Waals surface area contributed by atoms with E-state index < -0.39 is 12.2 Å². The molecule has 95 heavy (non-hydrogen) atoms. The van der Waals surface area contributed by atoms with Crippen molar-refractivity contribution < 1.29 is 48.1 Å². The van der Waals surface area contributed by atoms with Crippen LogP contribution >= 0.6 is 0 Å². The predicted molar refractivity (Wildman–Crippen MR) is 400 cm³/mol. The Morgan fingerprint density at radius 3 is 0.895 bits per heavy atom. The highest BCUT2D eigenvalue weighted by molar-refractivity contribution is 5.77. The van der Waals surface area contributed by atoms with Gasteiger partial charge in [-0.25, -0.2) is 0 Å². The van der Waals surface area contributed by atoms with E-state index in [4.69, 9.17) is 19.3 Å². The van der Waals surface area contributed by atoms with Gasteiger partial charge in [-0.3, -0.25) is 19.2 Å². The molecule has 0 aromatic carbocycles. The summed E-state index contributed by atoms with van der Waals surface area (Å²) in [4.78, 5) is 71.4. The highest BCUT2D eigenvalue weighted by Gasteiger charge is 2.23. The number of hydrogen-bond donors (Lipinski definition) is 3. The lowest BCUT2D eigenvalue weighted by Crippen LogP contribution is -2.34. The van der Waals surface area contributed by atoms with Crippen molar-refractivity contribution in [1.82, 2.24) is 10.6 Å². The van der Waals surface area contributed by atoms with E-state index in [1.807, 2.05) is 0 Å². The maximum atomic E-state index is 12.7. The molecule has 0 radical (unpaired) electrons. The van der Waals surface area contributed by atoms with Gasteiger partial charge in [0.1, 0.15) is 37.8 Å². The molecule has 6 atom stereocenters. The first-order chi connectivity index (χ1) is 46.6. The summed E-state index contributed by atoms with van der Waals surface area (Å²) >= 11 is 0. The highest BCUT2D eigenvalue weighted by Crippen LogP contribution is 2.36. The minimum Gasteiger partial charge on any atom is -0.512 e. The Morgan fingerprint density at radius 1 is 0.358 bits per heavy atom. The zero-order valence-corrected chi connectivity index (χ0v) is 63.1. The molecule has 0 bridgehead atoms. The molecule has 6 unspecified atom stereocenters. The molecule has 0 aliphatic heterocycles. The number of rotatable bonds is 77. The van der Waals surface area contributed by atoms with Crippen molar-refractivity contribution in [2.45, 2.75) is 438 Å². The van der Waals surface area contributed by atoms with Crippen molar-refractivity contribution in [2.24, 2.45) is 23.7 Å². The third kappa shape index (κ3) is 63.9. The predicted octanol–water partition coefficient (Wildman–Crippen LogP) is 23.8. The van der Waals surface area contributed by atoms with Crippen LogP contribution in [0.3, 0.4) is 0 Å². The second-order valence-corrected chi connectivity index (χ2v) is 29.1. The number of amides is 2. The molecule has 12 nitrogen and oxygen atoms in total. The van der Waals surface area contributed by atoms with Gasteiger partial charge in [-0.05, 0) is 56.3 Å². The summed E-state index contributed by atoms with van der Waals surface area (Å²) < 4.78 is 15.7. The minimum absolute atomic E-state index is 0.00821. The van der Waals surface area contributed by atoms with Gasteiger partial charge in [0.2, 0.25) is 11.8 Å². The Balaban J connectivity index is 4.80. The van der Waals surface area contributed by atoms with Crippen LogP contribution in [0.1, 0.15) is 426 Å². The van der Waals surface area contributed by atoms with Gasteiger partial charge in [0.15, 0.2) is 0 Å². The van der Waals surface area contributed by atoms with E-state index in [9.17, 15) is 28.8 Å². The third-order valence-electron chi connectivity index (χ3n) is 20.3. The van der Waals surface area contributed by atoms with Crippen LogP contribution in [-0.4, -0.2) is 73.3 Å². The topological polar surface area (TPSA) is 174 Å². The van der Waals surface area contributed by atoms with Crippen LogP contribution < -0.4 is 10.6 Å². The number of esters is 2. The summed E-state index contributed by atoms with van der Waals surface area (Å²) in [6.07, 6.45) is 75.2. The van der Waals surface area contributed by atoms with E-state index in [1.165, 1.54) is 302 Å². The van der Waals surface area contributed by atoms with Gasteiger partial charge in [0.25, 0.3) is 0 Å². The molecule has 0 spiro atoms. The summed E-state index contributed by atoms with van der Waals surface area (Å²) in [6.45, 7) is 12.0. The molecule has 0 saturated heterocycles. The number of carbonyl (C=O) groups is 6. The molecular formula is C83H156N2O10. The van der Waals surface area contributed by atoms with Crippen molar-refractivity contribution in [2.75, 3.05) is 19.7 Å². The van der Waals surface area contributed by atoms with Crippen LogP contribution in [-0.2, 0) is 43.0 Å². The molecule has 12 heteroatoms. The normalized spacial score (nSPS) is 13.5. The minimum atomic E-state index is -0.792. The third-order valence-corrected chi connectivity index (χ3v) is 20.3. The number of carbonyl (C=O) groups excluding carboxylic acids is 6. The summed E-state index contributed by atoms with van der Waals surface area (Å²) in [5, 5.41) is 14.8. The first-order valence-electron chi connectivity index (χ1n) is 41.3. The molecular weight excluding hydrogens is 1180 g/mol. The van der Waals surface area contributed by atoms with E-state index in [0.29, 0.717) is 51.3 Å². The maximum Gasteiger partial charge on any atom is 0.310 e. The molecule has 0 fully saturated rings. The number of aliphatic hydroxyl groups excluding tert-OH is 1. The van der Waals surface area contributed by atoms with Crippen molar-refractivity contribution in [1.29, 1.82) is 0 Å². The van der Waals surface area contributed by atoms with Gasteiger partial charge in [0, 0.05) is 45.2 Å². The van der Waals surface area contributed by atoms with Gasteiger partial charge in [-0.2, -0.15) is 0 Å². The molecule has 0 aromatic heterocycles. The SMILES string of the molecule is CCCCCCCCC(CCCCCCCCC(=O)NCCNC(=O)CCCCCCCCC(CCCCCCCC)C(CCCCCCCC)CCCCCCCCC(=O)OCC(C)OC(C=O)CC=O)C(CCCCCCCC)CCCCCCCCC(=O)O/C=C\O. The molecule has 0 rings (SSSR count). The van der Waals surface area contributed by atoms with Crippen molar-refractivity contribution >= 4 is 36.3 Å². The van der Waals surface area contributed by atoms with Crippen LogP contribution in [0.15, 0.2) is 12.5 Å². The van der Waals surface area contributed by atoms with Crippen LogP contribution in [0.4, 0.5) is 0 Å². The van der Waals surface area contributed by atoms with Gasteiger partial charge in [-0.15, -0.1) is 0 Å². The van der Waals surface area contributed by atoms with Gasteiger partial charge in [-0.1, -0.05) is 362 Å². The Bertz CT molecular complexity index is 1730. The van der Waals surface area contributed by atoms with Crippen LogP contribution in [0.25, 0.3) is 0 Å². The van der Waals surface area contributed by atoms with E-state index in [0.717, 1.165) is 94.0 Å². The fourth-order valence-corrected chi connectivity index (χ4v) is 14.4. The molecule has 0 aliphatic rings. The van der Waals surface area contributed by atoms with E-state index in [1.54, 1.807) is 6.92 Å². The molecule has 0 saturated carbocycles. The van der Waals surface area contributed by atoms with Gasteiger partial charge in [0.05, 0.1) is 6.10 Å². The van der Waals surface area contributed by atoms with Gasteiger partial charge < -0.3 is 39.5 Å². The largest absolute Gasteiger partial charge is 0.512 e. The summed E-state index contributed by atoms with van der Waals surface area (Å²) in [7, 11) is 0. The number of aliphatic hydroxyl groups is 1. The lowest BCUT2D eigenvalue weighted by Gasteiger charge is -2.28. The monoisotopic (exact) mass is 1340 g/mol. The zero-order valence-electron chi connectivity index (χ0n) is 63.1. The average Bonchev–Trinajstić information content (AvgIpc) is 2.07. The number of nitrogens with one attached hydrogen (secondary N) is 2. The van der Waals surface area contributed by atoms with Crippen molar-refractivity contribution in [3.05, 3.63) is 12.5 Å². The zero-order chi connectivity index (χ0) is 69.4. The summed E-state index contributed by atoms with van der Waals surface area (Å²) in [6, 6.07) is 0. The lowest BCUT2D eigenvalue weighted by molar-refractivity contribution is -0.150. The first-order valence-corrected chi connectivity index (χ1v) is 41.3. The number of aldehydes is 2. The second kappa shape index (κ2) is 73.4. The number of unbranched alkanes of at least 4 members (excludes halogenated alkanes) is 40. The Labute approximate surface area is 586 Å². The standard InChI is InChI=1S/C83H156N2O10/c1-6-10-14-18-30-42-54-75(77(56-44-32-20-16-12-8-3)60-48-36-24-28-40-52-64-82(91)93-71-70-87)58-46-34-22-26-38-50-62-80(89)84-67-68-85-81(90)63-51-39-27-23-35-47-59-76(55-43-31-19-15-11-7-2)78(57-45-33-21-17-13-9-4)61-49-37-25-29-41-53-65-83(92)94-73-74(5)95-79(72-88)66-69-86/h69-72,74-79,87H,6-68,73H2,1-5H3,(H,84,89)(H,85,90)/b71-70-. The van der Waals surface area contributed by atoms with Crippen LogP contribution in [0.5, 0.6) is 0 Å². The van der Waals surface area contributed by atoms with Crippen LogP contribution in [0.2, 0.25) is 0 Å². The Kier molecular flexibility index (Phi) is 70.9. The number of ether oxygens (including phenoxy) is 3. The van der Waals surface area contributed by atoms with Gasteiger partial charge >= 0.3 is 11.9 Å². The fourth-order valence-electron chi connectivity index (χ4n) is 14.4. The molecule has 0 aliphatic carbocycles. The first kappa shape index (κ1) is 91.7. The van der Waals surface area contributed by atoms with E-state index in [2.05, 4.69) is 38.3 Å². The maximum absolute atomic E-state index is 12.7. The molecule has 0 heterocycles. The smallest absolute Gasteiger partial charge is 0.310 e. The van der Waals surface area contributed by atoms with Crippen LogP contribution in [0, 0.1) is 23.7 Å². The van der Waals surface area contributed by atoms with E-state index in [-0.39, 0.29) is 36.8 Å². The Morgan fingerprint density at radius 2 is 0.621 bits per heavy atom. The quantitative estimate of drug-likeness (QED) is 0.0230. The lowest BCUT2D eigenvalue weighted by atomic mass is 9.78. The fraction of sp³-hybridized carbons (Fsp3) is 0.904. The molecule has 0 aromatic rings. The summed E-state index contributed by atoms with van der Waals surface area (Å²) in [5.41, 5.74) is 0. The van der Waals surface area contributed by atoms with Crippen molar-refractivity contribution in [3.63, 3.8) is 0 Å². The number of hydrogen-bond acceptors (Lipinski definition) is 10. The average molecular weight is 1340 g/mol. The van der Waals surface area contributed by atoms with E-state index >= 15 is 0 Å². The summed E-state index contributed by atoms with van der Waals surface area (Å²) in [5.74, 6) is 3.02. The highest BCUT2D eigenvalue weighted by atomic mass is 16.6. The molecule has 2 amide bonds. The molecule has 558 valence electrons.